The van der Waals surface area contributed by atoms with E-state index in [0.717, 1.165) is 39.1 Å². The minimum absolute atomic E-state index is 0.686. The fourth-order valence-electron chi connectivity index (χ4n) is 2.49. The van der Waals surface area contributed by atoms with Crippen molar-refractivity contribution in [2.75, 3.05) is 13.7 Å². The highest BCUT2D eigenvalue weighted by atomic mass is 79.9. The first-order valence-electron chi connectivity index (χ1n) is 6.47. The molecule has 0 bridgehead atoms. The lowest BCUT2D eigenvalue weighted by molar-refractivity contribution is 0.213. The molecule has 0 spiro atoms. The summed E-state index contributed by atoms with van der Waals surface area (Å²) in [6, 6.07) is 11.5. The highest BCUT2D eigenvalue weighted by molar-refractivity contribution is 9.10. The van der Waals surface area contributed by atoms with E-state index in [-0.39, 0.29) is 0 Å². The van der Waals surface area contributed by atoms with Crippen LogP contribution in [0, 0.1) is 0 Å². The van der Waals surface area contributed by atoms with Gasteiger partial charge < -0.3 is 14.6 Å². The van der Waals surface area contributed by atoms with Gasteiger partial charge in [-0.25, -0.2) is 0 Å². The van der Waals surface area contributed by atoms with Crippen LogP contribution in [0.25, 0.3) is 0 Å². The summed E-state index contributed by atoms with van der Waals surface area (Å²) in [5.41, 5.74) is 2.78. The molecule has 1 aliphatic rings. The van der Waals surface area contributed by atoms with Crippen molar-refractivity contribution in [3.05, 3.63) is 57.6 Å². The summed E-state index contributed by atoms with van der Waals surface area (Å²) in [6.45, 7) is 0.686. The van der Waals surface area contributed by atoms with Crippen molar-refractivity contribution < 1.29 is 14.6 Å². The standard InChI is InChI=1S/C16H15BrO3/c1-19-14-6-5-11(9-13(14)17)15(18)12-4-2-3-10-7-8-20-16(10)12/h2-6,9,15,18H,7-8H2,1H3. The number of hydrogen-bond donors (Lipinski definition) is 1. The quantitative estimate of drug-likeness (QED) is 0.933. The van der Waals surface area contributed by atoms with Gasteiger partial charge in [0.2, 0.25) is 0 Å². The maximum Gasteiger partial charge on any atom is 0.133 e. The van der Waals surface area contributed by atoms with Gasteiger partial charge in [-0.1, -0.05) is 24.3 Å². The average molecular weight is 335 g/mol. The summed E-state index contributed by atoms with van der Waals surface area (Å²) in [7, 11) is 1.62. The molecule has 1 atom stereocenters. The van der Waals surface area contributed by atoms with Gasteiger partial charge in [-0.3, -0.25) is 0 Å². The third kappa shape index (κ3) is 2.30. The molecule has 0 radical (unpaired) electrons. The van der Waals surface area contributed by atoms with Crippen LogP contribution in [0.2, 0.25) is 0 Å². The fraction of sp³-hybridized carbons (Fsp3) is 0.250. The molecule has 0 fully saturated rings. The molecular formula is C16H15BrO3. The van der Waals surface area contributed by atoms with Gasteiger partial charge in [-0.15, -0.1) is 0 Å². The van der Waals surface area contributed by atoms with Crippen LogP contribution in [0.3, 0.4) is 0 Å². The zero-order valence-corrected chi connectivity index (χ0v) is 12.7. The first-order valence-corrected chi connectivity index (χ1v) is 7.26. The smallest absolute Gasteiger partial charge is 0.133 e. The lowest BCUT2D eigenvalue weighted by Crippen LogP contribution is -2.02. The van der Waals surface area contributed by atoms with Gasteiger partial charge in [0.05, 0.1) is 18.2 Å². The lowest BCUT2D eigenvalue weighted by Gasteiger charge is -2.16. The third-order valence-electron chi connectivity index (χ3n) is 3.53. The molecule has 1 aliphatic heterocycles. The largest absolute Gasteiger partial charge is 0.496 e. The number of methoxy groups -OCH3 is 1. The van der Waals surface area contributed by atoms with E-state index in [4.69, 9.17) is 9.47 Å². The minimum Gasteiger partial charge on any atom is -0.496 e. The molecule has 4 heteroatoms. The molecule has 2 aromatic carbocycles. The molecular weight excluding hydrogens is 320 g/mol. The molecule has 0 saturated heterocycles. The molecule has 1 heterocycles. The van der Waals surface area contributed by atoms with Crippen LogP contribution < -0.4 is 9.47 Å². The summed E-state index contributed by atoms with van der Waals surface area (Å²) in [5.74, 6) is 1.57. The predicted octanol–water partition coefficient (Wildman–Crippen LogP) is 3.47. The van der Waals surface area contributed by atoms with E-state index in [1.165, 1.54) is 0 Å². The maximum absolute atomic E-state index is 10.6. The highest BCUT2D eigenvalue weighted by Crippen LogP contribution is 2.37. The zero-order valence-electron chi connectivity index (χ0n) is 11.1. The summed E-state index contributed by atoms with van der Waals surface area (Å²) in [4.78, 5) is 0. The molecule has 0 aliphatic carbocycles. The van der Waals surface area contributed by atoms with Crippen molar-refractivity contribution in [2.45, 2.75) is 12.5 Å². The van der Waals surface area contributed by atoms with E-state index in [9.17, 15) is 5.11 Å². The lowest BCUT2D eigenvalue weighted by atomic mass is 9.98. The Morgan fingerprint density at radius 2 is 2.15 bits per heavy atom. The number of aliphatic hydroxyl groups is 1. The number of ether oxygens (including phenoxy) is 2. The van der Waals surface area contributed by atoms with Crippen molar-refractivity contribution in [1.82, 2.24) is 0 Å². The summed E-state index contributed by atoms with van der Waals surface area (Å²) < 4.78 is 11.7. The fourth-order valence-corrected chi connectivity index (χ4v) is 3.05. The van der Waals surface area contributed by atoms with Gasteiger partial charge in [-0.05, 0) is 39.2 Å². The third-order valence-corrected chi connectivity index (χ3v) is 4.15. The van der Waals surface area contributed by atoms with Gasteiger partial charge in [0.25, 0.3) is 0 Å². The number of benzene rings is 2. The van der Waals surface area contributed by atoms with E-state index in [1.807, 2.05) is 36.4 Å². The van der Waals surface area contributed by atoms with Crippen molar-refractivity contribution in [3.8, 4) is 11.5 Å². The molecule has 1 N–H and O–H groups in total. The van der Waals surface area contributed by atoms with Crippen LogP contribution in [0.5, 0.6) is 11.5 Å². The number of para-hydroxylation sites is 1. The van der Waals surface area contributed by atoms with E-state index in [0.29, 0.717) is 6.61 Å². The molecule has 2 aromatic rings. The van der Waals surface area contributed by atoms with Crippen LogP contribution in [0.15, 0.2) is 40.9 Å². The van der Waals surface area contributed by atoms with Crippen molar-refractivity contribution in [3.63, 3.8) is 0 Å². The Kier molecular flexibility index (Phi) is 3.68. The van der Waals surface area contributed by atoms with Crippen molar-refractivity contribution >= 4 is 15.9 Å². The number of aliphatic hydroxyl groups excluding tert-OH is 1. The summed E-state index contributed by atoms with van der Waals surface area (Å²) in [5, 5.41) is 10.6. The Labute approximate surface area is 126 Å². The van der Waals surface area contributed by atoms with Crippen LogP contribution in [-0.4, -0.2) is 18.8 Å². The molecule has 3 rings (SSSR count). The maximum atomic E-state index is 10.6. The van der Waals surface area contributed by atoms with Gasteiger partial charge in [-0.2, -0.15) is 0 Å². The van der Waals surface area contributed by atoms with E-state index in [1.54, 1.807) is 7.11 Å². The minimum atomic E-state index is -0.703. The summed E-state index contributed by atoms with van der Waals surface area (Å²) >= 11 is 3.44. The Morgan fingerprint density at radius 1 is 1.30 bits per heavy atom. The molecule has 3 nitrogen and oxygen atoms in total. The normalized spacial score (nSPS) is 14.6. The molecule has 1 unspecified atom stereocenters. The van der Waals surface area contributed by atoms with Crippen molar-refractivity contribution in [1.29, 1.82) is 0 Å². The Balaban J connectivity index is 1.99. The Bertz CT molecular complexity index is 640. The van der Waals surface area contributed by atoms with Crippen LogP contribution >= 0.6 is 15.9 Å². The number of halogens is 1. The van der Waals surface area contributed by atoms with Gasteiger partial charge >= 0.3 is 0 Å². The Morgan fingerprint density at radius 3 is 2.90 bits per heavy atom. The zero-order chi connectivity index (χ0) is 14.1. The number of rotatable bonds is 3. The van der Waals surface area contributed by atoms with E-state index >= 15 is 0 Å². The van der Waals surface area contributed by atoms with Gasteiger partial charge in [0, 0.05) is 12.0 Å². The molecule has 0 aromatic heterocycles. The first kappa shape index (κ1) is 13.5. The Hall–Kier alpha value is -1.52. The molecule has 0 saturated carbocycles. The van der Waals surface area contributed by atoms with E-state index in [2.05, 4.69) is 15.9 Å². The first-order chi connectivity index (χ1) is 9.70. The van der Waals surface area contributed by atoms with Crippen LogP contribution in [-0.2, 0) is 6.42 Å². The van der Waals surface area contributed by atoms with Crippen LogP contribution in [0.1, 0.15) is 22.8 Å². The van der Waals surface area contributed by atoms with E-state index < -0.39 is 6.10 Å². The van der Waals surface area contributed by atoms with Crippen molar-refractivity contribution in [2.24, 2.45) is 0 Å². The molecule has 104 valence electrons. The highest BCUT2D eigenvalue weighted by Gasteiger charge is 2.22. The molecule has 0 amide bonds. The number of hydrogen-bond acceptors (Lipinski definition) is 3. The monoisotopic (exact) mass is 334 g/mol. The topological polar surface area (TPSA) is 38.7 Å². The second-order valence-corrected chi connectivity index (χ2v) is 5.58. The summed E-state index contributed by atoms with van der Waals surface area (Å²) in [6.07, 6.45) is 0.201. The number of fused-ring (bicyclic) bond motifs is 1. The van der Waals surface area contributed by atoms with Gasteiger partial charge in [0.1, 0.15) is 17.6 Å². The second-order valence-electron chi connectivity index (χ2n) is 4.73. The average Bonchev–Trinajstić information content (AvgIpc) is 2.94. The molecule has 20 heavy (non-hydrogen) atoms. The van der Waals surface area contributed by atoms with Crippen LogP contribution in [0.4, 0.5) is 0 Å². The second kappa shape index (κ2) is 5.46. The SMILES string of the molecule is COc1ccc(C(O)c2cccc3c2OCC3)cc1Br. The predicted molar refractivity (Wildman–Crippen MR) is 80.4 cm³/mol. The van der Waals surface area contributed by atoms with Gasteiger partial charge in [0.15, 0.2) is 0 Å².